The van der Waals surface area contributed by atoms with Crippen LogP contribution in [0.2, 0.25) is 0 Å². The van der Waals surface area contributed by atoms with E-state index in [2.05, 4.69) is 31.5 Å². The van der Waals surface area contributed by atoms with Gasteiger partial charge in [0.15, 0.2) is 5.76 Å². The highest BCUT2D eigenvalue weighted by molar-refractivity contribution is 9.10. The van der Waals surface area contributed by atoms with E-state index in [1.165, 1.54) is 6.26 Å². The third-order valence-corrected chi connectivity index (χ3v) is 3.76. The van der Waals surface area contributed by atoms with Gasteiger partial charge in [-0.1, -0.05) is 12.1 Å². The number of aromatic amines is 1. The van der Waals surface area contributed by atoms with E-state index in [1.807, 2.05) is 12.1 Å². The highest BCUT2D eigenvalue weighted by Crippen LogP contribution is 2.13. The molecule has 0 aliphatic heterocycles. The fourth-order valence-electron chi connectivity index (χ4n) is 2.08. The number of hydrogen-bond acceptors (Lipinski definition) is 3. The number of carbonyl (C=O) groups excluding carboxylic acids is 2. The molecule has 0 aliphatic carbocycles. The van der Waals surface area contributed by atoms with Crippen molar-refractivity contribution in [2.24, 2.45) is 0 Å². The van der Waals surface area contributed by atoms with Gasteiger partial charge >= 0.3 is 0 Å². The Hall–Kier alpha value is -2.80. The maximum atomic E-state index is 11.9. The number of H-pyrrole nitrogens is 1. The molecule has 0 bridgehead atoms. The van der Waals surface area contributed by atoms with E-state index in [1.54, 1.807) is 36.5 Å². The molecule has 0 aliphatic rings. The van der Waals surface area contributed by atoms with Gasteiger partial charge in [-0.2, -0.15) is 0 Å². The summed E-state index contributed by atoms with van der Waals surface area (Å²) in [5, 5.41) is 5.55. The SMILES string of the molecule is O=C(NCc1ccc(NC(=O)c2ccco2)cc1)c1cc(Br)c[nH]1. The Kier molecular flexibility index (Phi) is 4.81. The minimum atomic E-state index is -0.307. The molecular weight excluding hydrogens is 374 g/mol. The number of carbonyl (C=O) groups is 2. The quantitative estimate of drug-likeness (QED) is 0.625. The Bertz CT molecular complexity index is 838. The molecule has 1 aromatic carbocycles. The van der Waals surface area contributed by atoms with Gasteiger partial charge in [-0.15, -0.1) is 0 Å². The monoisotopic (exact) mass is 387 g/mol. The molecule has 0 radical (unpaired) electrons. The molecule has 0 spiro atoms. The lowest BCUT2D eigenvalue weighted by Crippen LogP contribution is -2.23. The van der Waals surface area contributed by atoms with Crippen LogP contribution in [0.5, 0.6) is 0 Å². The van der Waals surface area contributed by atoms with Crippen molar-refractivity contribution >= 4 is 33.4 Å². The van der Waals surface area contributed by atoms with Crippen molar-refractivity contribution in [2.45, 2.75) is 6.54 Å². The molecule has 122 valence electrons. The van der Waals surface area contributed by atoms with Gasteiger partial charge in [-0.25, -0.2) is 0 Å². The summed E-state index contributed by atoms with van der Waals surface area (Å²) in [5.41, 5.74) is 2.06. The molecule has 0 atom stereocenters. The molecule has 2 amide bonds. The van der Waals surface area contributed by atoms with Crippen molar-refractivity contribution in [3.05, 3.63) is 76.4 Å². The molecule has 0 unspecified atom stereocenters. The van der Waals surface area contributed by atoms with Crippen molar-refractivity contribution in [2.75, 3.05) is 5.32 Å². The summed E-state index contributed by atoms with van der Waals surface area (Å²) in [6.45, 7) is 0.391. The van der Waals surface area contributed by atoms with Crippen LogP contribution in [0.25, 0.3) is 0 Å². The molecule has 3 N–H and O–H groups in total. The smallest absolute Gasteiger partial charge is 0.291 e. The number of anilines is 1. The van der Waals surface area contributed by atoms with Crippen LogP contribution in [0, 0.1) is 0 Å². The second kappa shape index (κ2) is 7.18. The van der Waals surface area contributed by atoms with E-state index in [9.17, 15) is 9.59 Å². The minimum Gasteiger partial charge on any atom is -0.459 e. The van der Waals surface area contributed by atoms with Gasteiger partial charge in [-0.3, -0.25) is 9.59 Å². The van der Waals surface area contributed by atoms with Gasteiger partial charge in [0.1, 0.15) is 5.69 Å². The Morgan fingerprint density at radius 1 is 1.12 bits per heavy atom. The highest BCUT2D eigenvalue weighted by atomic mass is 79.9. The number of rotatable bonds is 5. The summed E-state index contributed by atoms with van der Waals surface area (Å²) in [6, 6.07) is 12.2. The first-order valence-corrected chi connectivity index (χ1v) is 7.97. The number of nitrogens with one attached hydrogen (secondary N) is 3. The standard InChI is InChI=1S/C17H14BrN3O3/c18-12-8-14(19-10-12)16(22)20-9-11-3-5-13(6-4-11)21-17(23)15-2-1-7-24-15/h1-8,10,19H,9H2,(H,20,22)(H,21,23). The largest absolute Gasteiger partial charge is 0.459 e. The second-order valence-corrected chi connectivity index (χ2v) is 5.96. The summed E-state index contributed by atoms with van der Waals surface area (Å²) in [7, 11) is 0. The van der Waals surface area contributed by atoms with Crippen LogP contribution in [0.1, 0.15) is 26.6 Å². The summed E-state index contributed by atoms with van der Waals surface area (Å²) in [4.78, 5) is 26.7. The van der Waals surface area contributed by atoms with Crippen LogP contribution in [-0.2, 0) is 6.54 Å². The maximum Gasteiger partial charge on any atom is 0.291 e. The highest BCUT2D eigenvalue weighted by Gasteiger charge is 2.09. The third kappa shape index (κ3) is 3.94. The van der Waals surface area contributed by atoms with Crippen molar-refractivity contribution in [3.63, 3.8) is 0 Å². The summed E-state index contributed by atoms with van der Waals surface area (Å²) in [6.07, 6.45) is 3.15. The molecule has 7 heteroatoms. The molecule has 0 saturated carbocycles. The Morgan fingerprint density at radius 3 is 2.54 bits per heavy atom. The second-order valence-electron chi connectivity index (χ2n) is 5.04. The number of amides is 2. The fourth-order valence-corrected chi connectivity index (χ4v) is 2.43. The summed E-state index contributed by atoms with van der Waals surface area (Å²) < 4.78 is 5.86. The molecule has 3 rings (SSSR count). The van der Waals surface area contributed by atoms with E-state index in [0.29, 0.717) is 17.9 Å². The topological polar surface area (TPSA) is 87.1 Å². The molecule has 2 heterocycles. The van der Waals surface area contributed by atoms with Gasteiger partial charge in [0.2, 0.25) is 0 Å². The number of halogens is 1. The first-order valence-electron chi connectivity index (χ1n) is 7.18. The fraction of sp³-hybridized carbons (Fsp3) is 0.0588. The predicted octanol–water partition coefficient (Wildman–Crippen LogP) is 3.55. The number of benzene rings is 1. The molecule has 3 aromatic rings. The van der Waals surface area contributed by atoms with Gasteiger partial charge < -0.3 is 20.0 Å². The van der Waals surface area contributed by atoms with E-state index in [4.69, 9.17) is 4.42 Å². The van der Waals surface area contributed by atoms with Crippen LogP contribution in [0.4, 0.5) is 5.69 Å². The van der Waals surface area contributed by atoms with Crippen LogP contribution in [-0.4, -0.2) is 16.8 Å². The zero-order chi connectivity index (χ0) is 16.9. The van der Waals surface area contributed by atoms with Crippen LogP contribution >= 0.6 is 15.9 Å². The molecule has 24 heavy (non-hydrogen) atoms. The maximum absolute atomic E-state index is 11.9. The van der Waals surface area contributed by atoms with Crippen LogP contribution in [0.15, 0.2) is 63.8 Å². The zero-order valence-corrected chi connectivity index (χ0v) is 14.1. The first kappa shape index (κ1) is 16.1. The lowest BCUT2D eigenvalue weighted by molar-refractivity contribution is 0.0945. The summed E-state index contributed by atoms with van der Waals surface area (Å²) in [5.74, 6) is -0.238. The average molecular weight is 388 g/mol. The van der Waals surface area contributed by atoms with Crippen molar-refractivity contribution < 1.29 is 14.0 Å². The van der Waals surface area contributed by atoms with Crippen LogP contribution < -0.4 is 10.6 Å². The van der Waals surface area contributed by atoms with Gasteiger partial charge in [0.05, 0.1) is 6.26 Å². The molecular formula is C17H14BrN3O3. The molecule has 0 fully saturated rings. The lowest BCUT2D eigenvalue weighted by Gasteiger charge is -2.06. The van der Waals surface area contributed by atoms with Gasteiger partial charge in [0, 0.05) is 22.9 Å². The van der Waals surface area contributed by atoms with Gasteiger partial charge in [0.25, 0.3) is 11.8 Å². The van der Waals surface area contributed by atoms with Crippen molar-refractivity contribution in [3.8, 4) is 0 Å². The average Bonchev–Trinajstić information content (AvgIpc) is 3.25. The lowest BCUT2D eigenvalue weighted by atomic mass is 10.2. The van der Waals surface area contributed by atoms with Crippen LogP contribution in [0.3, 0.4) is 0 Å². The Labute approximate surface area is 146 Å². The van der Waals surface area contributed by atoms with Gasteiger partial charge in [-0.05, 0) is 51.8 Å². The van der Waals surface area contributed by atoms with E-state index < -0.39 is 0 Å². The van der Waals surface area contributed by atoms with E-state index >= 15 is 0 Å². The minimum absolute atomic E-state index is 0.184. The number of furan rings is 1. The third-order valence-electron chi connectivity index (χ3n) is 3.30. The molecule has 0 saturated heterocycles. The van der Waals surface area contributed by atoms with E-state index in [-0.39, 0.29) is 17.6 Å². The number of hydrogen-bond donors (Lipinski definition) is 3. The van der Waals surface area contributed by atoms with Crippen molar-refractivity contribution in [1.29, 1.82) is 0 Å². The summed E-state index contributed by atoms with van der Waals surface area (Å²) >= 11 is 3.29. The Balaban J connectivity index is 1.54. The molecule has 2 aromatic heterocycles. The number of aromatic nitrogens is 1. The predicted molar refractivity (Wildman–Crippen MR) is 92.8 cm³/mol. The van der Waals surface area contributed by atoms with Crippen molar-refractivity contribution in [1.82, 2.24) is 10.3 Å². The normalized spacial score (nSPS) is 10.4. The molecule has 6 nitrogen and oxygen atoms in total. The van der Waals surface area contributed by atoms with E-state index in [0.717, 1.165) is 10.0 Å². The Morgan fingerprint density at radius 2 is 1.92 bits per heavy atom. The zero-order valence-electron chi connectivity index (χ0n) is 12.5. The first-order chi connectivity index (χ1) is 11.6.